The van der Waals surface area contributed by atoms with Gasteiger partial charge in [0.05, 0.1) is 0 Å². The van der Waals surface area contributed by atoms with Gasteiger partial charge in [-0.15, -0.1) is 0 Å². The molecule has 18 heavy (non-hydrogen) atoms. The standard InChI is InChI=1S/C16H30O2/c1-2-3-4-5-6-7-8-9-10-11-12-13-14-15-16(17)18/h6-7H,2-5,8-15H2,1H3,(H,17,18). The van der Waals surface area contributed by atoms with Crippen molar-refractivity contribution in [3.05, 3.63) is 12.2 Å². The predicted molar refractivity (Wildman–Crippen MR) is 77.9 cm³/mol. The quantitative estimate of drug-likeness (QED) is 0.356. The third-order valence-electron chi connectivity index (χ3n) is 3.15. The van der Waals surface area contributed by atoms with Crippen LogP contribution in [0.15, 0.2) is 12.2 Å². The Bertz CT molecular complexity index is 209. The molecule has 0 atom stereocenters. The molecule has 0 saturated carbocycles. The number of rotatable bonds is 13. The van der Waals surface area contributed by atoms with E-state index in [1.807, 2.05) is 0 Å². The molecule has 0 amide bonds. The highest BCUT2D eigenvalue weighted by molar-refractivity contribution is 5.66. The minimum absolute atomic E-state index is 0.334. The summed E-state index contributed by atoms with van der Waals surface area (Å²) in [5, 5.41) is 8.48. The summed E-state index contributed by atoms with van der Waals surface area (Å²) in [5.41, 5.74) is 0. The van der Waals surface area contributed by atoms with Crippen LogP contribution >= 0.6 is 0 Å². The molecule has 0 aliphatic rings. The van der Waals surface area contributed by atoms with Crippen molar-refractivity contribution in [1.82, 2.24) is 0 Å². The van der Waals surface area contributed by atoms with Crippen LogP contribution in [0.4, 0.5) is 0 Å². The molecule has 0 radical (unpaired) electrons. The van der Waals surface area contributed by atoms with Crippen molar-refractivity contribution >= 4 is 5.97 Å². The lowest BCUT2D eigenvalue weighted by Gasteiger charge is -1.99. The van der Waals surface area contributed by atoms with E-state index < -0.39 is 5.97 Å². The molecule has 0 rings (SSSR count). The molecule has 2 nitrogen and oxygen atoms in total. The molecule has 0 aromatic rings. The average Bonchev–Trinajstić information content (AvgIpc) is 2.34. The van der Waals surface area contributed by atoms with E-state index in [0.717, 1.165) is 12.8 Å². The lowest BCUT2D eigenvalue weighted by Crippen LogP contribution is -1.93. The monoisotopic (exact) mass is 254 g/mol. The first-order valence-corrected chi connectivity index (χ1v) is 7.64. The number of aliphatic carboxylic acids is 1. The van der Waals surface area contributed by atoms with Crippen molar-refractivity contribution in [1.29, 1.82) is 0 Å². The highest BCUT2D eigenvalue weighted by atomic mass is 16.4. The van der Waals surface area contributed by atoms with Crippen molar-refractivity contribution in [3.63, 3.8) is 0 Å². The summed E-state index contributed by atoms with van der Waals surface area (Å²) in [4.78, 5) is 10.3. The Balaban J connectivity index is 3.04. The van der Waals surface area contributed by atoms with Gasteiger partial charge in [-0.25, -0.2) is 0 Å². The van der Waals surface area contributed by atoms with Gasteiger partial charge in [-0.1, -0.05) is 57.6 Å². The molecule has 0 aliphatic carbocycles. The maximum Gasteiger partial charge on any atom is 0.303 e. The molecule has 0 heterocycles. The second-order valence-electron chi connectivity index (χ2n) is 5.02. The molecule has 106 valence electrons. The number of unbranched alkanes of at least 4 members (excludes halogenated alkanes) is 9. The summed E-state index contributed by atoms with van der Waals surface area (Å²) < 4.78 is 0. The van der Waals surface area contributed by atoms with Gasteiger partial charge in [0.2, 0.25) is 0 Å². The second kappa shape index (κ2) is 14.3. The van der Waals surface area contributed by atoms with Crippen molar-refractivity contribution in [2.24, 2.45) is 0 Å². The van der Waals surface area contributed by atoms with Gasteiger partial charge in [-0.2, -0.15) is 0 Å². The first kappa shape index (κ1) is 17.2. The number of allylic oxidation sites excluding steroid dienone is 2. The van der Waals surface area contributed by atoms with Gasteiger partial charge in [-0.05, 0) is 32.1 Å². The van der Waals surface area contributed by atoms with E-state index in [9.17, 15) is 4.79 Å². The zero-order valence-corrected chi connectivity index (χ0v) is 12.0. The number of hydrogen-bond acceptors (Lipinski definition) is 1. The molecule has 2 heteroatoms. The summed E-state index contributed by atoms with van der Waals surface area (Å²) in [7, 11) is 0. The Kier molecular flexibility index (Phi) is 13.6. The molecule has 0 unspecified atom stereocenters. The lowest BCUT2D eigenvalue weighted by molar-refractivity contribution is -0.137. The Morgan fingerprint density at radius 1 is 0.833 bits per heavy atom. The Labute approximate surface area is 112 Å². The van der Waals surface area contributed by atoms with Crippen LogP contribution in [0.3, 0.4) is 0 Å². The largest absolute Gasteiger partial charge is 0.481 e. The summed E-state index contributed by atoms with van der Waals surface area (Å²) in [6, 6.07) is 0. The van der Waals surface area contributed by atoms with E-state index in [1.54, 1.807) is 0 Å². The van der Waals surface area contributed by atoms with Crippen LogP contribution in [0.2, 0.25) is 0 Å². The fourth-order valence-corrected chi connectivity index (χ4v) is 1.99. The fourth-order valence-electron chi connectivity index (χ4n) is 1.99. The first-order valence-electron chi connectivity index (χ1n) is 7.64. The van der Waals surface area contributed by atoms with E-state index in [-0.39, 0.29) is 0 Å². The smallest absolute Gasteiger partial charge is 0.303 e. The molecule has 1 N–H and O–H groups in total. The second-order valence-corrected chi connectivity index (χ2v) is 5.02. The molecular weight excluding hydrogens is 224 g/mol. The van der Waals surface area contributed by atoms with E-state index in [0.29, 0.717) is 6.42 Å². The Morgan fingerprint density at radius 3 is 1.89 bits per heavy atom. The minimum Gasteiger partial charge on any atom is -0.481 e. The van der Waals surface area contributed by atoms with Crippen LogP contribution < -0.4 is 0 Å². The third-order valence-corrected chi connectivity index (χ3v) is 3.15. The van der Waals surface area contributed by atoms with Gasteiger partial charge < -0.3 is 5.11 Å². The van der Waals surface area contributed by atoms with Crippen molar-refractivity contribution in [3.8, 4) is 0 Å². The topological polar surface area (TPSA) is 37.3 Å². The fraction of sp³-hybridized carbons (Fsp3) is 0.812. The Hall–Kier alpha value is -0.790. The number of carboxylic acid groups (broad SMARTS) is 1. The molecule has 0 bridgehead atoms. The van der Waals surface area contributed by atoms with Crippen LogP contribution in [0, 0.1) is 0 Å². The lowest BCUT2D eigenvalue weighted by atomic mass is 10.1. The normalized spacial score (nSPS) is 11.2. The van der Waals surface area contributed by atoms with E-state index in [2.05, 4.69) is 19.1 Å². The Morgan fingerprint density at radius 2 is 1.33 bits per heavy atom. The van der Waals surface area contributed by atoms with Crippen molar-refractivity contribution in [2.45, 2.75) is 84.0 Å². The van der Waals surface area contributed by atoms with E-state index in [4.69, 9.17) is 5.11 Å². The highest BCUT2D eigenvalue weighted by Crippen LogP contribution is 2.09. The molecule has 0 aromatic heterocycles. The highest BCUT2D eigenvalue weighted by Gasteiger charge is 1.96. The molecule has 0 spiro atoms. The van der Waals surface area contributed by atoms with Gasteiger partial charge in [0, 0.05) is 6.42 Å². The maximum atomic E-state index is 10.3. The van der Waals surface area contributed by atoms with Crippen molar-refractivity contribution < 1.29 is 9.90 Å². The molecular formula is C16H30O2. The van der Waals surface area contributed by atoms with Gasteiger partial charge >= 0.3 is 5.97 Å². The van der Waals surface area contributed by atoms with Crippen LogP contribution in [0.1, 0.15) is 84.0 Å². The third kappa shape index (κ3) is 15.2. The van der Waals surface area contributed by atoms with E-state index in [1.165, 1.54) is 57.8 Å². The SMILES string of the molecule is CCCCCC=CCCCCCCCCC(=O)O. The zero-order chi connectivity index (χ0) is 13.5. The average molecular weight is 254 g/mol. The number of hydrogen-bond donors (Lipinski definition) is 1. The van der Waals surface area contributed by atoms with Crippen LogP contribution in [-0.4, -0.2) is 11.1 Å². The first-order chi connectivity index (χ1) is 8.77. The number of carbonyl (C=O) groups is 1. The molecule has 0 aromatic carbocycles. The molecule has 0 saturated heterocycles. The van der Waals surface area contributed by atoms with E-state index >= 15 is 0 Å². The molecule has 0 fully saturated rings. The predicted octanol–water partition coefficient (Wildman–Crippen LogP) is 5.33. The van der Waals surface area contributed by atoms with Crippen LogP contribution in [0.5, 0.6) is 0 Å². The van der Waals surface area contributed by atoms with Crippen LogP contribution in [-0.2, 0) is 4.79 Å². The van der Waals surface area contributed by atoms with Crippen molar-refractivity contribution in [2.75, 3.05) is 0 Å². The zero-order valence-electron chi connectivity index (χ0n) is 12.0. The van der Waals surface area contributed by atoms with Gasteiger partial charge in [-0.3, -0.25) is 4.79 Å². The van der Waals surface area contributed by atoms with Gasteiger partial charge in [0.1, 0.15) is 0 Å². The molecule has 0 aliphatic heterocycles. The summed E-state index contributed by atoms with van der Waals surface area (Å²) >= 11 is 0. The summed E-state index contributed by atoms with van der Waals surface area (Å²) in [5.74, 6) is -0.664. The number of carboxylic acids is 1. The summed E-state index contributed by atoms with van der Waals surface area (Å²) in [6.45, 7) is 2.24. The maximum absolute atomic E-state index is 10.3. The van der Waals surface area contributed by atoms with Gasteiger partial charge in [0.25, 0.3) is 0 Å². The summed E-state index contributed by atoms with van der Waals surface area (Å²) in [6.07, 6.45) is 18.3. The van der Waals surface area contributed by atoms with Gasteiger partial charge in [0.15, 0.2) is 0 Å². The van der Waals surface area contributed by atoms with Crippen LogP contribution in [0.25, 0.3) is 0 Å². The minimum atomic E-state index is -0.664.